The number of aliphatic hydroxyl groups is 1. The molecule has 1 N–H and O–H groups in total. The van der Waals surface area contributed by atoms with Gasteiger partial charge in [-0.15, -0.1) is 0 Å². The smallest absolute Gasteiger partial charge is 0.0476 e. The highest BCUT2D eigenvalue weighted by molar-refractivity contribution is 5.46. The molecule has 0 saturated carbocycles. The van der Waals surface area contributed by atoms with Gasteiger partial charge in [-0.2, -0.15) is 0 Å². The van der Waals surface area contributed by atoms with E-state index in [0.717, 1.165) is 19.5 Å². The lowest BCUT2D eigenvalue weighted by atomic mass is 10.1. The standard InChI is InChI=1S/C11H15NO/c13-9-10-6-7-12(8-10)11-4-2-1-3-5-11/h1-5,10,13H,6-9H2. The molecule has 1 atom stereocenters. The summed E-state index contributed by atoms with van der Waals surface area (Å²) in [6, 6.07) is 10.4. The van der Waals surface area contributed by atoms with E-state index in [1.54, 1.807) is 0 Å². The Kier molecular flexibility index (Phi) is 2.50. The van der Waals surface area contributed by atoms with Crippen LogP contribution in [0.25, 0.3) is 0 Å². The van der Waals surface area contributed by atoms with Crippen LogP contribution in [0.4, 0.5) is 5.69 Å². The van der Waals surface area contributed by atoms with Crippen molar-refractivity contribution in [1.29, 1.82) is 0 Å². The van der Waals surface area contributed by atoms with Gasteiger partial charge in [-0.05, 0) is 18.6 Å². The molecule has 2 nitrogen and oxygen atoms in total. The van der Waals surface area contributed by atoms with Crippen LogP contribution in [0, 0.1) is 5.92 Å². The topological polar surface area (TPSA) is 23.5 Å². The number of anilines is 1. The second kappa shape index (κ2) is 3.79. The molecule has 0 spiro atoms. The van der Waals surface area contributed by atoms with Gasteiger partial charge in [0, 0.05) is 31.3 Å². The predicted molar refractivity (Wildman–Crippen MR) is 53.8 cm³/mol. The van der Waals surface area contributed by atoms with Crippen molar-refractivity contribution in [3.63, 3.8) is 0 Å². The van der Waals surface area contributed by atoms with Crippen molar-refractivity contribution in [3.05, 3.63) is 30.3 Å². The molecule has 0 bridgehead atoms. The normalized spacial score (nSPS) is 22.2. The molecule has 0 aromatic heterocycles. The molecule has 0 aliphatic carbocycles. The number of nitrogens with zero attached hydrogens (tertiary/aromatic N) is 1. The summed E-state index contributed by atoms with van der Waals surface area (Å²) in [5.41, 5.74) is 1.28. The Labute approximate surface area is 78.8 Å². The molecule has 1 heterocycles. The Morgan fingerprint density at radius 3 is 2.69 bits per heavy atom. The first-order chi connectivity index (χ1) is 6.40. The van der Waals surface area contributed by atoms with Crippen LogP contribution in [0.3, 0.4) is 0 Å². The third-order valence-electron chi connectivity index (χ3n) is 2.67. The van der Waals surface area contributed by atoms with Gasteiger partial charge in [0.25, 0.3) is 0 Å². The van der Waals surface area contributed by atoms with Gasteiger partial charge in [-0.3, -0.25) is 0 Å². The molecular formula is C11H15NO. The average Bonchev–Trinajstić information content (AvgIpc) is 2.67. The molecule has 1 unspecified atom stereocenters. The average molecular weight is 177 g/mol. The Hall–Kier alpha value is -1.02. The van der Waals surface area contributed by atoms with E-state index in [9.17, 15) is 0 Å². The minimum atomic E-state index is 0.323. The minimum Gasteiger partial charge on any atom is -0.396 e. The number of hydrogen-bond acceptors (Lipinski definition) is 2. The van der Waals surface area contributed by atoms with E-state index in [-0.39, 0.29) is 0 Å². The van der Waals surface area contributed by atoms with Crippen LogP contribution in [0.15, 0.2) is 30.3 Å². The number of rotatable bonds is 2. The van der Waals surface area contributed by atoms with Gasteiger partial charge in [0.2, 0.25) is 0 Å². The lowest BCUT2D eigenvalue weighted by Crippen LogP contribution is -2.20. The first-order valence-corrected chi connectivity index (χ1v) is 4.81. The van der Waals surface area contributed by atoms with Gasteiger partial charge in [-0.1, -0.05) is 18.2 Å². The highest BCUT2D eigenvalue weighted by Gasteiger charge is 2.21. The summed E-state index contributed by atoms with van der Waals surface area (Å²) in [4.78, 5) is 2.33. The Balaban J connectivity index is 2.04. The minimum absolute atomic E-state index is 0.323. The maximum atomic E-state index is 9.00. The molecule has 1 aromatic carbocycles. The van der Waals surface area contributed by atoms with Gasteiger partial charge in [0.05, 0.1) is 0 Å². The summed E-state index contributed by atoms with van der Waals surface area (Å²) >= 11 is 0. The third kappa shape index (κ3) is 1.83. The second-order valence-corrected chi connectivity index (χ2v) is 3.62. The Morgan fingerprint density at radius 2 is 2.08 bits per heavy atom. The molecule has 1 saturated heterocycles. The molecule has 1 aliphatic heterocycles. The summed E-state index contributed by atoms with van der Waals surface area (Å²) in [6.07, 6.45) is 1.12. The van der Waals surface area contributed by atoms with Gasteiger partial charge in [0.1, 0.15) is 0 Å². The molecule has 1 aliphatic rings. The summed E-state index contributed by atoms with van der Waals surface area (Å²) in [5.74, 6) is 0.472. The summed E-state index contributed by atoms with van der Waals surface area (Å²) in [6.45, 7) is 2.40. The largest absolute Gasteiger partial charge is 0.396 e. The van der Waals surface area contributed by atoms with Crippen LogP contribution in [0.1, 0.15) is 6.42 Å². The number of hydrogen-bond donors (Lipinski definition) is 1. The summed E-state index contributed by atoms with van der Waals surface area (Å²) < 4.78 is 0. The lowest BCUT2D eigenvalue weighted by Gasteiger charge is -2.17. The van der Waals surface area contributed by atoms with E-state index in [4.69, 9.17) is 5.11 Å². The first kappa shape index (κ1) is 8.57. The van der Waals surface area contributed by atoms with Crippen LogP contribution in [-0.2, 0) is 0 Å². The number of benzene rings is 1. The monoisotopic (exact) mass is 177 g/mol. The van der Waals surface area contributed by atoms with Gasteiger partial charge in [-0.25, -0.2) is 0 Å². The van der Waals surface area contributed by atoms with E-state index in [1.165, 1.54) is 5.69 Å². The van der Waals surface area contributed by atoms with Crippen molar-refractivity contribution in [2.75, 3.05) is 24.6 Å². The highest BCUT2D eigenvalue weighted by atomic mass is 16.3. The van der Waals surface area contributed by atoms with Crippen LogP contribution < -0.4 is 4.90 Å². The molecule has 0 amide bonds. The molecule has 2 heteroatoms. The quantitative estimate of drug-likeness (QED) is 0.740. The molecule has 2 rings (SSSR count). The van der Waals surface area contributed by atoms with E-state index in [2.05, 4.69) is 29.2 Å². The molecule has 13 heavy (non-hydrogen) atoms. The Morgan fingerprint density at radius 1 is 1.31 bits per heavy atom. The Bertz CT molecular complexity index is 260. The zero-order valence-electron chi connectivity index (χ0n) is 7.69. The predicted octanol–water partition coefficient (Wildman–Crippen LogP) is 1.51. The van der Waals surface area contributed by atoms with Gasteiger partial charge >= 0.3 is 0 Å². The van der Waals surface area contributed by atoms with E-state index in [0.29, 0.717) is 12.5 Å². The third-order valence-corrected chi connectivity index (χ3v) is 2.67. The van der Waals surface area contributed by atoms with Crippen molar-refractivity contribution in [1.82, 2.24) is 0 Å². The van der Waals surface area contributed by atoms with Gasteiger partial charge in [0.15, 0.2) is 0 Å². The maximum Gasteiger partial charge on any atom is 0.0476 e. The van der Waals surface area contributed by atoms with Crippen molar-refractivity contribution in [2.24, 2.45) is 5.92 Å². The van der Waals surface area contributed by atoms with Crippen molar-refractivity contribution in [2.45, 2.75) is 6.42 Å². The van der Waals surface area contributed by atoms with Crippen LogP contribution >= 0.6 is 0 Å². The van der Waals surface area contributed by atoms with Crippen molar-refractivity contribution < 1.29 is 5.11 Å². The van der Waals surface area contributed by atoms with Crippen molar-refractivity contribution in [3.8, 4) is 0 Å². The van der Waals surface area contributed by atoms with E-state index >= 15 is 0 Å². The fourth-order valence-electron chi connectivity index (χ4n) is 1.86. The summed E-state index contributed by atoms with van der Waals surface area (Å²) in [7, 11) is 0. The SMILES string of the molecule is OCC1CCN(c2ccccc2)C1. The number of para-hydroxylation sites is 1. The fourth-order valence-corrected chi connectivity index (χ4v) is 1.86. The van der Waals surface area contributed by atoms with E-state index in [1.807, 2.05) is 6.07 Å². The van der Waals surface area contributed by atoms with Crippen LogP contribution in [0.5, 0.6) is 0 Å². The molecule has 0 radical (unpaired) electrons. The van der Waals surface area contributed by atoms with Gasteiger partial charge < -0.3 is 10.0 Å². The van der Waals surface area contributed by atoms with Crippen LogP contribution in [-0.4, -0.2) is 24.8 Å². The fraction of sp³-hybridized carbons (Fsp3) is 0.455. The second-order valence-electron chi connectivity index (χ2n) is 3.62. The maximum absolute atomic E-state index is 9.00. The van der Waals surface area contributed by atoms with Crippen LogP contribution in [0.2, 0.25) is 0 Å². The lowest BCUT2D eigenvalue weighted by molar-refractivity contribution is 0.238. The molecule has 70 valence electrons. The zero-order chi connectivity index (χ0) is 9.10. The molecule has 1 aromatic rings. The molecule has 1 fully saturated rings. The van der Waals surface area contributed by atoms with Crippen molar-refractivity contribution >= 4 is 5.69 Å². The number of aliphatic hydroxyl groups excluding tert-OH is 1. The van der Waals surface area contributed by atoms with E-state index < -0.39 is 0 Å². The molecular weight excluding hydrogens is 162 g/mol. The first-order valence-electron chi connectivity index (χ1n) is 4.81. The zero-order valence-corrected chi connectivity index (χ0v) is 7.69. The summed E-state index contributed by atoms with van der Waals surface area (Å²) in [5, 5.41) is 9.00. The highest BCUT2D eigenvalue weighted by Crippen LogP contribution is 2.22.